The smallest absolute Gasteiger partial charge is 0.398 e. The monoisotopic (exact) mass is 293 g/mol. The van der Waals surface area contributed by atoms with E-state index in [0.717, 1.165) is 0 Å². The molecular weight excluding hydrogens is 291 g/mol. The van der Waals surface area contributed by atoms with Crippen molar-refractivity contribution in [2.75, 3.05) is 0 Å². The van der Waals surface area contributed by atoms with Crippen molar-refractivity contribution in [3.05, 3.63) is 33.6 Å². The third-order valence-corrected chi connectivity index (χ3v) is 1.79. The van der Waals surface area contributed by atoms with Gasteiger partial charge in [-0.25, -0.2) is 0 Å². The van der Waals surface area contributed by atoms with Crippen molar-refractivity contribution < 1.29 is 40.4 Å². The Balaban J connectivity index is 3.45. The molecule has 0 aliphatic rings. The number of alkyl halides is 6. The van der Waals surface area contributed by atoms with Gasteiger partial charge in [0.2, 0.25) is 11.6 Å². The third kappa shape index (κ3) is 3.45. The first-order valence-corrected chi connectivity index (χ1v) is 4.23. The molecule has 0 fully saturated rings. The number of halogens is 7. The van der Waals surface area contributed by atoms with Crippen LogP contribution in [0.1, 0.15) is 5.56 Å². The second-order valence-corrected chi connectivity index (χ2v) is 3.08. The van der Waals surface area contributed by atoms with Crippen LogP contribution in [0.3, 0.4) is 0 Å². The largest absolute Gasteiger partial charge is 0.573 e. The first-order valence-electron chi connectivity index (χ1n) is 4.23. The summed E-state index contributed by atoms with van der Waals surface area (Å²) in [7, 11) is 0. The van der Waals surface area contributed by atoms with Gasteiger partial charge in [0.1, 0.15) is 0 Å². The van der Waals surface area contributed by atoms with Gasteiger partial charge in [0, 0.05) is 0 Å². The van der Waals surface area contributed by atoms with Gasteiger partial charge in [-0.1, -0.05) is 0 Å². The molecule has 106 valence electrons. The van der Waals surface area contributed by atoms with Gasteiger partial charge in [0.05, 0.1) is 10.5 Å². The second-order valence-electron chi connectivity index (χ2n) is 3.08. The van der Waals surface area contributed by atoms with Crippen molar-refractivity contribution >= 4 is 5.69 Å². The summed E-state index contributed by atoms with van der Waals surface area (Å²) in [5, 5.41) is 10.4. The molecule has 1 aromatic rings. The molecule has 19 heavy (non-hydrogen) atoms. The van der Waals surface area contributed by atoms with Gasteiger partial charge in [-0.3, -0.25) is 10.1 Å². The maximum absolute atomic E-state index is 13.2. The van der Waals surface area contributed by atoms with E-state index in [0.29, 0.717) is 0 Å². The Hall–Kier alpha value is -2.07. The van der Waals surface area contributed by atoms with Crippen molar-refractivity contribution in [1.29, 1.82) is 0 Å². The highest BCUT2D eigenvalue weighted by molar-refractivity contribution is 5.51. The van der Waals surface area contributed by atoms with Crippen LogP contribution in [0, 0.1) is 15.9 Å². The Morgan fingerprint density at radius 2 is 1.63 bits per heavy atom. The molecule has 1 aromatic carbocycles. The number of nitrogens with zero attached hydrogens (tertiary/aromatic N) is 1. The van der Waals surface area contributed by atoms with E-state index in [1.165, 1.54) is 0 Å². The van der Waals surface area contributed by atoms with E-state index >= 15 is 0 Å². The van der Waals surface area contributed by atoms with Crippen LogP contribution in [0.5, 0.6) is 5.75 Å². The topological polar surface area (TPSA) is 52.4 Å². The van der Waals surface area contributed by atoms with Crippen LogP contribution in [-0.4, -0.2) is 11.3 Å². The molecule has 0 aromatic heterocycles. The number of nitro benzene ring substituents is 1. The van der Waals surface area contributed by atoms with E-state index in [2.05, 4.69) is 4.74 Å². The Morgan fingerprint density at radius 1 is 1.11 bits per heavy atom. The van der Waals surface area contributed by atoms with Crippen LogP contribution in [0.25, 0.3) is 0 Å². The molecule has 0 bridgehead atoms. The summed E-state index contributed by atoms with van der Waals surface area (Å²) in [4.78, 5) is 8.63. The fraction of sp³-hybridized carbons (Fsp3) is 0.250. The number of rotatable bonds is 2. The fourth-order valence-corrected chi connectivity index (χ4v) is 1.14. The molecule has 0 heterocycles. The molecule has 0 aliphatic heterocycles. The molecule has 0 unspecified atom stereocenters. The Labute approximate surface area is 99.1 Å². The van der Waals surface area contributed by atoms with Gasteiger partial charge in [-0.15, -0.1) is 13.2 Å². The van der Waals surface area contributed by atoms with E-state index in [4.69, 9.17) is 0 Å². The first kappa shape index (κ1) is 15.0. The quantitative estimate of drug-likeness (QED) is 0.475. The summed E-state index contributed by atoms with van der Waals surface area (Å²) < 4.78 is 88.6. The molecular formula is C8H2F7NO3. The molecule has 1 rings (SSSR count). The van der Waals surface area contributed by atoms with Crippen molar-refractivity contribution in [1.82, 2.24) is 0 Å². The minimum Gasteiger partial charge on any atom is -0.398 e. The average molecular weight is 293 g/mol. The maximum Gasteiger partial charge on any atom is 0.573 e. The zero-order chi connectivity index (χ0) is 15.0. The van der Waals surface area contributed by atoms with Gasteiger partial charge in [0.15, 0.2) is 0 Å². The number of ether oxygens (including phenoxy) is 1. The molecule has 0 aliphatic carbocycles. The van der Waals surface area contributed by atoms with Crippen molar-refractivity contribution in [3.63, 3.8) is 0 Å². The van der Waals surface area contributed by atoms with E-state index in [1.807, 2.05) is 0 Å². The van der Waals surface area contributed by atoms with Crippen LogP contribution in [0.15, 0.2) is 12.1 Å². The minimum atomic E-state index is -5.41. The Morgan fingerprint density at radius 3 is 2.00 bits per heavy atom. The molecule has 0 saturated heterocycles. The third-order valence-electron chi connectivity index (χ3n) is 1.79. The van der Waals surface area contributed by atoms with E-state index in [9.17, 15) is 40.8 Å². The van der Waals surface area contributed by atoms with Crippen LogP contribution >= 0.6 is 0 Å². The lowest BCUT2D eigenvalue weighted by molar-refractivity contribution is -0.391. The zero-order valence-corrected chi connectivity index (χ0v) is 8.47. The van der Waals surface area contributed by atoms with E-state index < -0.39 is 40.3 Å². The van der Waals surface area contributed by atoms with Gasteiger partial charge >= 0.3 is 18.2 Å². The molecule has 0 saturated carbocycles. The molecule has 0 atom stereocenters. The molecule has 0 N–H and O–H groups in total. The number of hydrogen-bond donors (Lipinski definition) is 0. The number of nitro groups is 1. The molecule has 4 nitrogen and oxygen atoms in total. The summed E-state index contributed by atoms with van der Waals surface area (Å²) in [5.74, 6) is -4.11. The number of hydrogen-bond acceptors (Lipinski definition) is 3. The lowest BCUT2D eigenvalue weighted by atomic mass is 10.1. The van der Waals surface area contributed by atoms with E-state index in [1.54, 1.807) is 0 Å². The van der Waals surface area contributed by atoms with Crippen LogP contribution < -0.4 is 4.74 Å². The SMILES string of the molecule is O=[N+]([O-])c1c(OC(F)(F)F)ccc(C(F)(F)F)c1F. The van der Waals surface area contributed by atoms with Gasteiger partial charge < -0.3 is 4.74 Å². The Bertz CT molecular complexity index is 508. The second kappa shape index (κ2) is 4.55. The van der Waals surface area contributed by atoms with E-state index in [-0.39, 0.29) is 12.1 Å². The van der Waals surface area contributed by atoms with Crippen molar-refractivity contribution in [3.8, 4) is 5.75 Å². The zero-order valence-electron chi connectivity index (χ0n) is 8.47. The first-order chi connectivity index (χ1) is 8.43. The van der Waals surface area contributed by atoms with Gasteiger partial charge in [0.25, 0.3) is 0 Å². The standard InChI is InChI=1S/C8H2F7NO3/c9-5-3(7(10,11)12)1-2-4(6(5)16(17)18)19-8(13,14)15/h1-2H. The Kier molecular flexibility index (Phi) is 3.59. The highest BCUT2D eigenvalue weighted by Gasteiger charge is 2.42. The van der Waals surface area contributed by atoms with Crippen molar-refractivity contribution in [2.45, 2.75) is 12.5 Å². The van der Waals surface area contributed by atoms with Crippen molar-refractivity contribution in [2.24, 2.45) is 0 Å². The molecule has 0 amide bonds. The normalized spacial score (nSPS) is 12.4. The summed E-state index contributed by atoms with van der Waals surface area (Å²) in [5.41, 5.74) is -4.10. The summed E-state index contributed by atoms with van der Waals surface area (Å²) in [6.45, 7) is 0. The van der Waals surface area contributed by atoms with Crippen LogP contribution in [0.4, 0.5) is 36.4 Å². The maximum atomic E-state index is 13.2. The van der Waals surface area contributed by atoms with Crippen LogP contribution in [-0.2, 0) is 6.18 Å². The number of benzene rings is 1. The highest BCUT2D eigenvalue weighted by Crippen LogP contribution is 2.40. The molecule has 0 radical (unpaired) electrons. The average Bonchev–Trinajstić information content (AvgIpc) is 2.11. The predicted octanol–water partition coefficient (Wildman–Crippen LogP) is 3.65. The molecule has 0 spiro atoms. The molecule has 11 heteroatoms. The summed E-state index contributed by atoms with van der Waals surface area (Å²) in [6, 6.07) is -0.0546. The lowest BCUT2D eigenvalue weighted by Gasteiger charge is -2.12. The van der Waals surface area contributed by atoms with Crippen LogP contribution in [0.2, 0.25) is 0 Å². The minimum absolute atomic E-state index is 0.0253. The summed E-state index contributed by atoms with van der Waals surface area (Å²) >= 11 is 0. The van der Waals surface area contributed by atoms with Gasteiger partial charge in [-0.05, 0) is 12.1 Å². The predicted molar refractivity (Wildman–Crippen MR) is 44.7 cm³/mol. The highest BCUT2D eigenvalue weighted by atomic mass is 19.4. The van der Waals surface area contributed by atoms with Gasteiger partial charge in [-0.2, -0.15) is 17.6 Å². The summed E-state index contributed by atoms with van der Waals surface area (Å²) in [6.07, 6.45) is -10.7. The fourth-order valence-electron chi connectivity index (χ4n) is 1.14. The lowest BCUT2D eigenvalue weighted by Crippen LogP contribution is -2.19.